The minimum Gasteiger partial charge on any atom is -0.310 e. The van der Waals surface area contributed by atoms with Gasteiger partial charge in [0.25, 0.3) is 0 Å². The monoisotopic (exact) mass is 782 g/mol. The Morgan fingerprint density at radius 3 is 1.23 bits per heavy atom. The molecule has 0 atom stereocenters. The second-order valence-electron chi connectivity index (χ2n) is 16.6. The van der Waals surface area contributed by atoms with Gasteiger partial charge in [-0.1, -0.05) is 141 Å². The largest absolute Gasteiger partial charge is 0.310 e. The maximum Gasteiger partial charge on any atom is 0.0542 e. The van der Waals surface area contributed by atoms with E-state index < -0.39 is 0 Å². The summed E-state index contributed by atoms with van der Waals surface area (Å²) in [5, 5.41) is 4.89. The van der Waals surface area contributed by atoms with Gasteiger partial charge in [-0.15, -0.1) is 0 Å². The Bertz CT molecular complexity index is 3320. The molecule has 0 unspecified atom stereocenters. The van der Waals surface area contributed by atoms with Gasteiger partial charge in [-0.2, -0.15) is 0 Å². The van der Waals surface area contributed by atoms with E-state index in [1.165, 1.54) is 55.1 Å². The second-order valence-corrected chi connectivity index (χ2v) is 16.6. The Hall–Kier alpha value is -7.82. The number of benzene rings is 9. The van der Waals surface area contributed by atoms with E-state index in [-0.39, 0.29) is 5.41 Å². The fourth-order valence-electron chi connectivity index (χ4n) is 10.1. The predicted molar refractivity (Wildman–Crippen MR) is 257 cm³/mol. The Labute approximate surface area is 355 Å². The van der Waals surface area contributed by atoms with Crippen LogP contribution in [0.25, 0.3) is 55.0 Å². The van der Waals surface area contributed by atoms with Gasteiger partial charge in [0.1, 0.15) is 0 Å². The standard InChI is InChI=1S/C57H42N4/c1-57(2)49-26-12-17-31-55(49)61(56-32-18-13-27-50(56)57)44-36-42(59-51-28-14-9-23-45(51)46-24-10-15-29-52(46)59)35-43(37-44)60-53-30-16-11-25-47(53)48-38-41(33-34-54(48)60)58(39-19-5-3-6-20-39)40-21-7-4-8-22-40/h3-38H,1-2H3. The third-order valence-electron chi connectivity index (χ3n) is 12.8. The summed E-state index contributed by atoms with van der Waals surface area (Å²) >= 11 is 0. The van der Waals surface area contributed by atoms with Crippen LogP contribution in [0.3, 0.4) is 0 Å². The van der Waals surface area contributed by atoms with Gasteiger partial charge in [-0.25, -0.2) is 0 Å². The highest BCUT2D eigenvalue weighted by Crippen LogP contribution is 2.52. The smallest absolute Gasteiger partial charge is 0.0542 e. The minimum absolute atomic E-state index is 0.172. The third-order valence-corrected chi connectivity index (χ3v) is 12.8. The van der Waals surface area contributed by atoms with Crippen LogP contribution in [0, 0.1) is 0 Å². The SMILES string of the molecule is CC1(C)c2ccccc2N(c2cc(-n3c4ccccc4c4ccccc43)cc(-n3c4ccccc4c4cc(N(c5ccccc5)c5ccccc5)ccc43)c2)c2ccccc21. The van der Waals surface area contributed by atoms with Crippen molar-refractivity contribution in [2.24, 2.45) is 0 Å². The van der Waals surface area contributed by atoms with E-state index in [1.807, 2.05) is 0 Å². The van der Waals surface area contributed by atoms with Crippen molar-refractivity contribution >= 4 is 77.7 Å². The van der Waals surface area contributed by atoms with Crippen molar-refractivity contribution in [3.05, 3.63) is 230 Å². The Morgan fingerprint density at radius 1 is 0.328 bits per heavy atom. The highest BCUT2D eigenvalue weighted by Gasteiger charge is 2.37. The highest BCUT2D eigenvalue weighted by molar-refractivity contribution is 6.12. The Balaban J connectivity index is 1.15. The maximum atomic E-state index is 2.49. The number of para-hydroxylation sites is 7. The molecule has 0 amide bonds. The molecule has 12 rings (SSSR count). The molecule has 1 aliphatic heterocycles. The fraction of sp³-hybridized carbons (Fsp3) is 0.0526. The zero-order valence-corrected chi connectivity index (χ0v) is 34.1. The molecule has 4 heteroatoms. The summed E-state index contributed by atoms with van der Waals surface area (Å²) in [6, 6.07) is 79.7. The quantitative estimate of drug-likeness (QED) is 0.167. The number of aromatic nitrogens is 2. The first-order chi connectivity index (χ1) is 30.0. The number of hydrogen-bond donors (Lipinski definition) is 0. The lowest BCUT2D eigenvalue weighted by Gasteiger charge is -2.42. The first-order valence-electron chi connectivity index (χ1n) is 21.1. The first-order valence-corrected chi connectivity index (χ1v) is 21.1. The normalized spacial score (nSPS) is 13.2. The van der Waals surface area contributed by atoms with Gasteiger partial charge >= 0.3 is 0 Å². The number of fused-ring (bicyclic) bond motifs is 8. The summed E-state index contributed by atoms with van der Waals surface area (Å²) in [4.78, 5) is 4.83. The van der Waals surface area contributed by atoms with Crippen molar-refractivity contribution in [1.82, 2.24) is 9.13 Å². The van der Waals surface area contributed by atoms with Crippen molar-refractivity contribution < 1.29 is 0 Å². The Morgan fingerprint density at radius 2 is 0.721 bits per heavy atom. The lowest BCUT2D eigenvalue weighted by molar-refractivity contribution is 0.632. The molecular weight excluding hydrogens is 741 g/mol. The lowest BCUT2D eigenvalue weighted by atomic mass is 9.73. The first kappa shape index (κ1) is 35.2. The van der Waals surface area contributed by atoms with Gasteiger partial charge in [0.05, 0.1) is 50.5 Å². The topological polar surface area (TPSA) is 16.3 Å². The average Bonchev–Trinajstić information content (AvgIpc) is 3.83. The van der Waals surface area contributed by atoms with Gasteiger partial charge < -0.3 is 18.9 Å². The van der Waals surface area contributed by atoms with Crippen molar-refractivity contribution in [1.29, 1.82) is 0 Å². The molecule has 9 aromatic carbocycles. The molecule has 0 saturated carbocycles. The number of anilines is 6. The van der Waals surface area contributed by atoms with E-state index in [2.05, 4.69) is 251 Å². The summed E-state index contributed by atoms with van der Waals surface area (Å²) in [5.74, 6) is 0. The van der Waals surface area contributed by atoms with Crippen LogP contribution in [0.15, 0.2) is 218 Å². The third kappa shape index (κ3) is 5.39. The molecule has 3 heterocycles. The number of rotatable bonds is 6. The van der Waals surface area contributed by atoms with E-state index in [1.54, 1.807) is 0 Å². The van der Waals surface area contributed by atoms with E-state index in [9.17, 15) is 0 Å². The molecule has 0 saturated heterocycles. The van der Waals surface area contributed by atoms with Gasteiger partial charge in [-0.05, 0) is 102 Å². The van der Waals surface area contributed by atoms with Crippen LogP contribution in [0.5, 0.6) is 0 Å². The van der Waals surface area contributed by atoms with E-state index in [0.29, 0.717) is 0 Å². The van der Waals surface area contributed by atoms with Crippen molar-refractivity contribution in [3.63, 3.8) is 0 Å². The van der Waals surface area contributed by atoms with E-state index in [4.69, 9.17) is 0 Å². The van der Waals surface area contributed by atoms with Crippen LogP contribution in [-0.4, -0.2) is 9.13 Å². The molecule has 0 N–H and O–H groups in total. The molecule has 0 bridgehead atoms. The second kappa shape index (κ2) is 13.6. The molecule has 1 aliphatic rings. The van der Waals surface area contributed by atoms with E-state index in [0.717, 1.165) is 45.2 Å². The van der Waals surface area contributed by atoms with Crippen LogP contribution in [-0.2, 0) is 5.41 Å². The fourth-order valence-corrected chi connectivity index (χ4v) is 10.1. The molecule has 61 heavy (non-hydrogen) atoms. The van der Waals surface area contributed by atoms with Crippen molar-refractivity contribution in [2.75, 3.05) is 9.80 Å². The molecule has 0 fully saturated rings. The highest BCUT2D eigenvalue weighted by atomic mass is 15.2. The van der Waals surface area contributed by atoms with Crippen LogP contribution in [0.1, 0.15) is 25.0 Å². The predicted octanol–water partition coefficient (Wildman–Crippen LogP) is 15.5. The summed E-state index contributed by atoms with van der Waals surface area (Å²) in [5.41, 5.74) is 16.2. The summed E-state index contributed by atoms with van der Waals surface area (Å²) in [7, 11) is 0. The number of hydrogen-bond acceptors (Lipinski definition) is 2. The van der Waals surface area contributed by atoms with Gasteiger partial charge in [0, 0.05) is 44.0 Å². The van der Waals surface area contributed by atoms with Crippen LogP contribution in [0.2, 0.25) is 0 Å². The van der Waals surface area contributed by atoms with Gasteiger partial charge in [0.2, 0.25) is 0 Å². The number of nitrogens with zero attached hydrogens (tertiary/aromatic N) is 4. The van der Waals surface area contributed by atoms with E-state index >= 15 is 0 Å². The summed E-state index contributed by atoms with van der Waals surface area (Å²) in [6.45, 7) is 4.70. The minimum atomic E-state index is -0.172. The molecule has 4 nitrogen and oxygen atoms in total. The maximum absolute atomic E-state index is 2.49. The molecule has 0 spiro atoms. The molecule has 11 aromatic rings. The zero-order valence-electron chi connectivity index (χ0n) is 34.1. The Kier molecular flexibility index (Phi) is 7.85. The lowest BCUT2D eigenvalue weighted by Crippen LogP contribution is -2.30. The average molecular weight is 783 g/mol. The van der Waals surface area contributed by atoms with Crippen LogP contribution >= 0.6 is 0 Å². The molecule has 0 aliphatic carbocycles. The summed E-state index contributed by atoms with van der Waals surface area (Å²) < 4.78 is 4.92. The zero-order chi connectivity index (χ0) is 40.7. The summed E-state index contributed by atoms with van der Waals surface area (Å²) in [6.07, 6.45) is 0. The van der Waals surface area contributed by atoms with Gasteiger partial charge in [0.15, 0.2) is 0 Å². The molecular formula is C57H42N4. The molecule has 0 radical (unpaired) electrons. The van der Waals surface area contributed by atoms with Gasteiger partial charge in [-0.3, -0.25) is 0 Å². The molecule has 290 valence electrons. The van der Waals surface area contributed by atoms with Crippen molar-refractivity contribution in [2.45, 2.75) is 19.3 Å². The molecule has 2 aromatic heterocycles. The van der Waals surface area contributed by atoms with Crippen LogP contribution < -0.4 is 9.80 Å². The van der Waals surface area contributed by atoms with Crippen LogP contribution in [0.4, 0.5) is 34.1 Å². The van der Waals surface area contributed by atoms with Crippen molar-refractivity contribution in [3.8, 4) is 11.4 Å².